The average Bonchev–Trinajstić information content (AvgIpc) is 2.72. The highest BCUT2D eigenvalue weighted by atomic mass is 35.5. The van der Waals surface area contributed by atoms with Crippen molar-refractivity contribution in [1.29, 1.82) is 0 Å². The van der Waals surface area contributed by atoms with Crippen LogP contribution in [0.25, 0.3) is 0 Å². The van der Waals surface area contributed by atoms with Gasteiger partial charge in [0.05, 0.1) is 11.1 Å². The number of hydrogen-bond acceptors (Lipinski definition) is 2. The van der Waals surface area contributed by atoms with Crippen LogP contribution in [-0.2, 0) is 0 Å². The standard InChI is InChI=1S/C13H13Cl2NS/c1-8-4-3-5-9(11(8)15)12(16-2)13-10(14)6-7-17-13/h3-7,12,16H,1-2H3. The largest absolute Gasteiger partial charge is 0.309 e. The van der Waals surface area contributed by atoms with Crippen molar-refractivity contribution in [1.82, 2.24) is 5.32 Å². The van der Waals surface area contributed by atoms with Gasteiger partial charge in [-0.15, -0.1) is 11.3 Å². The quantitative estimate of drug-likeness (QED) is 0.864. The Hall–Kier alpha value is -0.540. The van der Waals surface area contributed by atoms with E-state index in [0.717, 1.165) is 26.0 Å². The highest BCUT2D eigenvalue weighted by Crippen LogP contribution is 2.36. The van der Waals surface area contributed by atoms with Gasteiger partial charge in [0.2, 0.25) is 0 Å². The van der Waals surface area contributed by atoms with Crippen LogP contribution in [0.15, 0.2) is 29.6 Å². The summed E-state index contributed by atoms with van der Waals surface area (Å²) in [5.74, 6) is 0. The minimum absolute atomic E-state index is 0.0508. The van der Waals surface area contributed by atoms with Crippen LogP contribution in [0.4, 0.5) is 0 Å². The summed E-state index contributed by atoms with van der Waals surface area (Å²) in [6.45, 7) is 2.01. The molecule has 2 rings (SSSR count). The minimum Gasteiger partial charge on any atom is -0.309 e. The molecule has 1 heterocycles. The van der Waals surface area contributed by atoms with Gasteiger partial charge in [0, 0.05) is 9.90 Å². The number of aryl methyl sites for hydroxylation is 1. The van der Waals surface area contributed by atoms with E-state index >= 15 is 0 Å². The molecular weight excluding hydrogens is 273 g/mol. The molecule has 0 aliphatic rings. The van der Waals surface area contributed by atoms with E-state index in [1.807, 2.05) is 43.6 Å². The molecule has 1 aromatic carbocycles. The molecule has 1 N–H and O–H groups in total. The van der Waals surface area contributed by atoms with Crippen LogP contribution in [-0.4, -0.2) is 7.05 Å². The molecule has 1 unspecified atom stereocenters. The van der Waals surface area contributed by atoms with Gasteiger partial charge < -0.3 is 5.32 Å². The second-order valence-corrected chi connectivity index (χ2v) is 5.57. The highest BCUT2D eigenvalue weighted by molar-refractivity contribution is 7.10. The van der Waals surface area contributed by atoms with E-state index in [4.69, 9.17) is 23.2 Å². The van der Waals surface area contributed by atoms with Crippen molar-refractivity contribution < 1.29 is 0 Å². The Labute approximate surface area is 115 Å². The molecule has 2 aromatic rings. The van der Waals surface area contributed by atoms with E-state index in [9.17, 15) is 0 Å². The van der Waals surface area contributed by atoms with Gasteiger partial charge >= 0.3 is 0 Å². The zero-order valence-corrected chi connectivity index (χ0v) is 12.0. The van der Waals surface area contributed by atoms with Crippen molar-refractivity contribution in [2.24, 2.45) is 0 Å². The van der Waals surface area contributed by atoms with Gasteiger partial charge in [-0.05, 0) is 36.5 Å². The molecule has 17 heavy (non-hydrogen) atoms. The first-order valence-electron chi connectivity index (χ1n) is 5.30. The van der Waals surface area contributed by atoms with Gasteiger partial charge in [0.1, 0.15) is 0 Å². The summed E-state index contributed by atoms with van der Waals surface area (Å²) in [6.07, 6.45) is 0. The second kappa shape index (κ2) is 5.40. The van der Waals surface area contributed by atoms with Gasteiger partial charge in [-0.2, -0.15) is 0 Å². The van der Waals surface area contributed by atoms with Crippen molar-refractivity contribution in [3.63, 3.8) is 0 Å². The number of nitrogens with one attached hydrogen (secondary N) is 1. The van der Waals surface area contributed by atoms with Crippen molar-refractivity contribution in [3.8, 4) is 0 Å². The van der Waals surface area contributed by atoms with Gasteiger partial charge in [-0.1, -0.05) is 41.4 Å². The summed E-state index contributed by atoms with van der Waals surface area (Å²) in [7, 11) is 1.92. The smallest absolute Gasteiger partial charge is 0.0698 e. The van der Waals surface area contributed by atoms with Gasteiger partial charge in [0.15, 0.2) is 0 Å². The molecule has 0 aliphatic carbocycles. The van der Waals surface area contributed by atoms with Crippen LogP contribution in [0.2, 0.25) is 10.0 Å². The maximum atomic E-state index is 6.36. The Morgan fingerprint density at radius 1 is 1.24 bits per heavy atom. The third-order valence-corrected chi connectivity index (χ3v) is 4.67. The molecule has 1 aromatic heterocycles. The molecule has 4 heteroatoms. The third-order valence-electron chi connectivity index (χ3n) is 2.73. The molecule has 0 saturated heterocycles. The SMILES string of the molecule is CNC(c1cccc(C)c1Cl)c1sccc1Cl. The Balaban J connectivity index is 2.50. The second-order valence-electron chi connectivity index (χ2n) is 3.83. The van der Waals surface area contributed by atoms with Crippen molar-refractivity contribution >= 4 is 34.5 Å². The Bertz CT molecular complexity index is 522. The molecule has 0 spiro atoms. The van der Waals surface area contributed by atoms with E-state index < -0.39 is 0 Å². The maximum absolute atomic E-state index is 6.36. The number of rotatable bonds is 3. The summed E-state index contributed by atoms with van der Waals surface area (Å²) in [5, 5.41) is 6.85. The van der Waals surface area contributed by atoms with Crippen molar-refractivity contribution in [3.05, 3.63) is 55.7 Å². The predicted octanol–water partition coefficient (Wildman–Crippen LogP) is 4.67. The lowest BCUT2D eigenvalue weighted by molar-refractivity contribution is 0.703. The van der Waals surface area contributed by atoms with Gasteiger partial charge in [-0.3, -0.25) is 0 Å². The maximum Gasteiger partial charge on any atom is 0.0698 e. The average molecular weight is 286 g/mol. The Morgan fingerprint density at radius 2 is 2.00 bits per heavy atom. The highest BCUT2D eigenvalue weighted by Gasteiger charge is 2.19. The molecule has 0 bridgehead atoms. The lowest BCUT2D eigenvalue weighted by atomic mass is 10.0. The molecule has 0 fully saturated rings. The van der Waals surface area contributed by atoms with E-state index in [1.54, 1.807) is 11.3 Å². The summed E-state index contributed by atoms with van der Waals surface area (Å²) in [6, 6.07) is 8.02. The number of halogens is 2. The topological polar surface area (TPSA) is 12.0 Å². The normalized spacial score (nSPS) is 12.7. The Kier molecular flexibility index (Phi) is 4.10. The van der Waals surface area contributed by atoms with Crippen molar-refractivity contribution in [2.45, 2.75) is 13.0 Å². The molecule has 0 radical (unpaired) electrons. The number of hydrogen-bond donors (Lipinski definition) is 1. The first-order valence-corrected chi connectivity index (χ1v) is 6.94. The molecule has 90 valence electrons. The van der Waals surface area contributed by atoms with Crippen LogP contribution in [0.1, 0.15) is 22.0 Å². The summed E-state index contributed by atoms with van der Waals surface area (Å²) in [5.41, 5.74) is 2.15. The first-order chi connectivity index (χ1) is 8.15. The molecule has 0 saturated carbocycles. The van der Waals surface area contributed by atoms with Gasteiger partial charge in [-0.25, -0.2) is 0 Å². The zero-order valence-electron chi connectivity index (χ0n) is 9.63. The summed E-state index contributed by atoms with van der Waals surface area (Å²) >= 11 is 14.2. The van der Waals surface area contributed by atoms with E-state index in [-0.39, 0.29) is 6.04 Å². The molecule has 0 amide bonds. The predicted molar refractivity (Wildman–Crippen MR) is 76.4 cm³/mol. The van der Waals surface area contributed by atoms with E-state index in [1.165, 1.54) is 0 Å². The lowest BCUT2D eigenvalue weighted by Crippen LogP contribution is -2.17. The number of thiophene rings is 1. The fraction of sp³-hybridized carbons (Fsp3) is 0.231. The van der Waals surface area contributed by atoms with Crippen LogP contribution in [0.3, 0.4) is 0 Å². The molecule has 1 nitrogen and oxygen atoms in total. The monoisotopic (exact) mass is 285 g/mol. The zero-order chi connectivity index (χ0) is 12.4. The van der Waals surface area contributed by atoms with Gasteiger partial charge in [0.25, 0.3) is 0 Å². The summed E-state index contributed by atoms with van der Waals surface area (Å²) in [4.78, 5) is 1.10. The van der Waals surface area contributed by atoms with Crippen LogP contribution < -0.4 is 5.32 Å². The van der Waals surface area contributed by atoms with Crippen LogP contribution in [0.5, 0.6) is 0 Å². The van der Waals surface area contributed by atoms with Crippen LogP contribution in [0, 0.1) is 6.92 Å². The van der Waals surface area contributed by atoms with E-state index in [2.05, 4.69) is 5.32 Å². The summed E-state index contributed by atoms with van der Waals surface area (Å²) < 4.78 is 0. The molecule has 1 atom stereocenters. The van der Waals surface area contributed by atoms with Crippen molar-refractivity contribution in [2.75, 3.05) is 7.05 Å². The first kappa shape index (κ1) is 12.9. The fourth-order valence-corrected chi connectivity index (χ4v) is 3.36. The third kappa shape index (κ3) is 2.50. The number of benzene rings is 1. The molecule has 0 aliphatic heterocycles. The fourth-order valence-electron chi connectivity index (χ4n) is 1.83. The Morgan fingerprint density at radius 3 is 2.59 bits per heavy atom. The minimum atomic E-state index is 0.0508. The van der Waals surface area contributed by atoms with E-state index in [0.29, 0.717) is 0 Å². The molecular formula is C13H13Cl2NS. The lowest BCUT2D eigenvalue weighted by Gasteiger charge is -2.18. The van der Waals surface area contributed by atoms with Crippen LogP contribution >= 0.6 is 34.5 Å².